The van der Waals surface area contributed by atoms with E-state index >= 15 is 0 Å². The minimum Gasteiger partial charge on any atom is -0.384 e. The lowest BCUT2D eigenvalue weighted by Crippen LogP contribution is -2.35. The Balaban J connectivity index is 2.06. The maximum absolute atomic E-state index is 5.25. The summed E-state index contributed by atoms with van der Waals surface area (Å²) in [5.41, 5.74) is 0. The molecule has 0 atom stereocenters. The predicted octanol–water partition coefficient (Wildman–Crippen LogP) is 2.49. The van der Waals surface area contributed by atoms with Gasteiger partial charge in [-0.1, -0.05) is 11.8 Å². The molecule has 112 valence electrons. The fourth-order valence-corrected chi connectivity index (χ4v) is 2.88. The maximum Gasteiger partial charge on any atom is 0.191 e. The van der Waals surface area contributed by atoms with E-state index in [-0.39, 0.29) is 0 Å². The van der Waals surface area contributed by atoms with Crippen molar-refractivity contribution in [3.05, 3.63) is 6.07 Å². The minimum atomic E-state index is 0.686. The monoisotopic (exact) mass is 296 g/mol. The molecule has 0 bridgehead atoms. The van der Waals surface area contributed by atoms with Crippen molar-refractivity contribution < 1.29 is 4.74 Å². The standard InChI is InChI=1S/C14H24N4OS/c1-4-15-12-9-13(17-14(16-12)20-3)18-7-5-11(6-8-18)10-19-2/h9,11H,4-8,10H2,1-3H3,(H,15,16,17). The molecule has 2 rings (SSSR count). The van der Waals surface area contributed by atoms with Crippen molar-refractivity contribution >= 4 is 23.4 Å². The SMILES string of the molecule is CCNc1cc(N2CCC(COC)CC2)nc(SC)n1. The molecule has 0 unspecified atom stereocenters. The van der Waals surface area contributed by atoms with Gasteiger partial charge in [0.1, 0.15) is 11.6 Å². The molecule has 1 saturated heterocycles. The van der Waals surface area contributed by atoms with Crippen molar-refractivity contribution in [1.29, 1.82) is 0 Å². The lowest BCUT2D eigenvalue weighted by Gasteiger charge is -2.32. The summed E-state index contributed by atoms with van der Waals surface area (Å²) in [6.07, 6.45) is 4.35. The van der Waals surface area contributed by atoms with Gasteiger partial charge in [0.15, 0.2) is 5.16 Å². The fourth-order valence-electron chi connectivity index (χ4n) is 2.50. The largest absolute Gasteiger partial charge is 0.384 e. The molecule has 20 heavy (non-hydrogen) atoms. The van der Waals surface area contributed by atoms with Crippen molar-refractivity contribution in [2.24, 2.45) is 5.92 Å². The van der Waals surface area contributed by atoms with Crippen molar-refractivity contribution in [3.8, 4) is 0 Å². The van der Waals surface area contributed by atoms with Gasteiger partial charge in [-0.15, -0.1) is 0 Å². The summed E-state index contributed by atoms with van der Waals surface area (Å²) in [5.74, 6) is 2.64. The van der Waals surface area contributed by atoms with E-state index in [2.05, 4.69) is 33.2 Å². The van der Waals surface area contributed by atoms with E-state index in [1.807, 2.05) is 6.26 Å². The first-order chi connectivity index (χ1) is 9.76. The van der Waals surface area contributed by atoms with Gasteiger partial charge in [0.2, 0.25) is 0 Å². The van der Waals surface area contributed by atoms with Crippen LogP contribution < -0.4 is 10.2 Å². The lowest BCUT2D eigenvalue weighted by atomic mass is 9.98. The van der Waals surface area contributed by atoms with Crippen LogP contribution in [0, 0.1) is 5.92 Å². The lowest BCUT2D eigenvalue weighted by molar-refractivity contribution is 0.139. The number of nitrogens with zero attached hydrogens (tertiary/aromatic N) is 3. The molecule has 2 heterocycles. The summed E-state index contributed by atoms with van der Waals surface area (Å²) in [6.45, 7) is 5.92. The summed E-state index contributed by atoms with van der Waals surface area (Å²) in [7, 11) is 1.78. The Kier molecular flexibility index (Phi) is 5.91. The van der Waals surface area contributed by atoms with Gasteiger partial charge < -0.3 is 15.0 Å². The van der Waals surface area contributed by atoms with Crippen LogP contribution in [-0.4, -0.2) is 49.6 Å². The number of methoxy groups -OCH3 is 1. The number of ether oxygens (including phenoxy) is 1. The summed E-state index contributed by atoms with van der Waals surface area (Å²) < 4.78 is 5.25. The highest BCUT2D eigenvalue weighted by molar-refractivity contribution is 7.98. The smallest absolute Gasteiger partial charge is 0.191 e. The van der Waals surface area contributed by atoms with E-state index in [4.69, 9.17) is 4.74 Å². The first kappa shape index (κ1) is 15.4. The fraction of sp³-hybridized carbons (Fsp3) is 0.714. The average Bonchev–Trinajstić information content (AvgIpc) is 2.48. The predicted molar refractivity (Wildman–Crippen MR) is 84.8 cm³/mol. The quantitative estimate of drug-likeness (QED) is 0.643. The minimum absolute atomic E-state index is 0.686. The Labute approximate surface area is 125 Å². The molecular weight excluding hydrogens is 272 g/mol. The van der Waals surface area contributed by atoms with Crippen molar-refractivity contribution in [3.63, 3.8) is 0 Å². The zero-order chi connectivity index (χ0) is 14.4. The van der Waals surface area contributed by atoms with E-state index in [1.54, 1.807) is 18.9 Å². The average molecular weight is 296 g/mol. The number of piperidine rings is 1. The van der Waals surface area contributed by atoms with Gasteiger partial charge in [-0.05, 0) is 31.9 Å². The maximum atomic E-state index is 5.25. The third-order valence-corrected chi connectivity index (χ3v) is 4.12. The molecule has 1 N–H and O–H groups in total. The zero-order valence-corrected chi connectivity index (χ0v) is 13.4. The van der Waals surface area contributed by atoms with Crippen molar-refractivity contribution in [2.75, 3.05) is 49.8 Å². The number of aromatic nitrogens is 2. The zero-order valence-electron chi connectivity index (χ0n) is 12.6. The van der Waals surface area contributed by atoms with Gasteiger partial charge in [-0.3, -0.25) is 0 Å². The van der Waals surface area contributed by atoms with E-state index in [9.17, 15) is 0 Å². The first-order valence-electron chi connectivity index (χ1n) is 7.17. The molecule has 0 saturated carbocycles. The third-order valence-electron chi connectivity index (χ3n) is 3.57. The van der Waals surface area contributed by atoms with Crippen molar-refractivity contribution in [1.82, 2.24) is 9.97 Å². The molecule has 0 aliphatic carbocycles. The molecule has 0 amide bonds. The summed E-state index contributed by atoms with van der Waals surface area (Å²) in [4.78, 5) is 11.5. The van der Waals surface area contributed by atoms with Gasteiger partial charge in [0, 0.05) is 39.4 Å². The first-order valence-corrected chi connectivity index (χ1v) is 8.40. The van der Waals surface area contributed by atoms with Gasteiger partial charge in [0.05, 0.1) is 0 Å². The van der Waals surface area contributed by atoms with E-state index in [1.165, 1.54) is 12.8 Å². The highest BCUT2D eigenvalue weighted by Gasteiger charge is 2.20. The van der Waals surface area contributed by atoms with Crippen LogP contribution in [0.25, 0.3) is 0 Å². The molecule has 0 aromatic carbocycles. The highest BCUT2D eigenvalue weighted by atomic mass is 32.2. The molecular formula is C14H24N4OS. The van der Waals surface area contributed by atoms with Crippen LogP contribution >= 0.6 is 11.8 Å². The Hall–Kier alpha value is -1.01. The molecule has 1 fully saturated rings. The number of anilines is 2. The second-order valence-corrected chi connectivity index (χ2v) is 5.79. The van der Waals surface area contributed by atoms with Gasteiger partial charge in [-0.2, -0.15) is 0 Å². The van der Waals surface area contributed by atoms with Crippen LogP contribution in [0.2, 0.25) is 0 Å². The Bertz CT molecular complexity index is 422. The van der Waals surface area contributed by atoms with Crippen LogP contribution in [0.15, 0.2) is 11.2 Å². The van der Waals surface area contributed by atoms with Crippen LogP contribution in [-0.2, 0) is 4.74 Å². The number of rotatable bonds is 6. The molecule has 1 aromatic rings. The topological polar surface area (TPSA) is 50.3 Å². The van der Waals surface area contributed by atoms with Crippen LogP contribution in [0.5, 0.6) is 0 Å². The normalized spacial score (nSPS) is 16.4. The molecule has 6 heteroatoms. The van der Waals surface area contributed by atoms with Crippen LogP contribution in [0.3, 0.4) is 0 Å². The third kappa shape index (κ3) is 3.99. The van der Waals surface area contributed by atoms with Gasteiger partial charge in [-0.25, -0.2) is 9.97 Å². The summed E-state index contributed by atoms with van der Waals surface area (Å²) in [6, 6.07) is 2.06. The number of nitrogens with one attached hydrogen (secondary N) is 1. The Morgan fingerprint density at radius 1 is 1.40 bits per heavy atom. The van der Waals surface area contributed by atoms with E-state index in [0.717, 1.165) is 43.0 Å². The summed E-state index contributed by atoms with van der Waals surface area (Å²) >= 11 is 1.59. The molecule has 0 spiro atoms. The molecule has 1 aliphatic rings. The molecule has 5 nitrogen and oxygen atoms in total. The van der Waals surface area contributed by atoms with Crippen molar-refractivity contribution in [2.45, 2.75) is 24.9 Å². The van der Waals surface area contributed by atoms with Gasteiger partial charge in [0.25, 0.3) is 0 Å². The number of thioether (sulfide) groups is 1. The van der Waals surface area contributed by atoms with E-state index in [0.29, 0.717) is 5.92 Å². The molecule has 1 aliphatic heterocycles. The van der Waals surface area contributed by atoms with Gasteiger partial charge >= 0.3 is 0 Å². The second kappa shape index (κ2) is 7.69. The Morgan fingerprint density at radius 2 is 2.15 bits per heavy atom. The summed E-state index contributed by atoms with van der Waals surface area (Å²) in [5, 5.41) is 4.11. The van der Waals surface area contributed by atoms with Crippen LogP contribution in [0.4, 0.5) is 11.6 Å². The molecule has 1 aromatic heterocycles. The van der Waals surface area contributed by atoms with Crippen LogP contribution in [0.1, 0.15) is 19.8 Å². The number of hydrogen-bond acceptors (Lipinski definition) is 6. The highest BCUT2D eigenvalue weighted by Crippen LogP contribution is 2.25. The number of hydrogen-bond donors (Lipinski definition) is 1. The second-order valence-electron chi connectivity index (χ2n) is 5.01. The molecule has 0 radical (unpaired) electrons. The van der Waals surface area contributed by atoms with E-state index < -0.39 is 0 Å². The Morgan fingerprint density at radius 3 is 2.75 bits per heavy atom.